The highest BCUT2D eigenvalue weighted by Crippen LogP contribution is 2.50. The van der Waals surface area contributed by atoms with Crippen molar-refractivity contribution in [2.24, 2.45) is 5.73 Å². The number of hydrogen-bond donors (Lipinski definition) is 3. The van der Waals surface area contributed by atoms with Gasteiger partial charge in [-0.15, -0.1) is 0 Å². The van der Waals surface area contributed by atoms with E-state index in [2.05, 4.69) is 12.2 Å². The van der Waals surface area contributed by atoms with Crippen molar-refractivity contribution >= 4 is 19.0 Å². The molecule has 1 rings (SSSR count). The number of nitrogens with two attached hydrogens (primary N) is 1. The normalized spacial score (nSPS) is 16.8. The molecule has 1 aromatic rings. The maximum atomic E-state index is 11.1. The van der Waals surface area contributed by atoms with E-state index in [1.165, 1.54) is 0 Å². The van der Waals surface area contributed by atoms with E-state index < -0.39 is 12.9 Å². The molecule has 4 nitrogen and oxygen atoms in total. The predicted molar refractivity (Wildman–Crippen MR) is 67.5 cm³/mol. The van der Waals surface area contributed by atoms with Crippen LogP contribution in [-0.4, -0.2) is 11.4 Å². The summed E-state index contributed by atoms with van der Waals surface area (Å²) in [5, 5.41) is 0. The first-order valence-corrected chi connectivity index (χ1v) is 7.72. The second-order valence-corrected chi connectivity index (χ2v) is 6.13. The van der Waals surface area contributed by atoms with E-state index in [9.17, 15) is 4.57 Å². The number of benzene rings is 1. The van der Waals surface area contributed by atoms with Gasteiger partial charge in [-0.05, 0) is 17.5 Å². The summed E-state index contributed by atoms with van der Waals surface area (Å²) in [6.45, 7) is -1.64. The lowest BCUT2D eigenvalue weighted by Crippen LogP contribution is -2.14. The van der Waals surface area contributed by atoms with Crippen LogP contribution in [0, 0.1) is 0 Å². The molecule has 0 aliphatic carbocycles. The Morgan fingerprint density at radius 2 is 2.31 bits per heavy atom. The standard InChI is InChI=1S/C10H16NO3PS/c1-2-8-4-3-5-9(6-8)10(7-11)14-15(12,13)16/h3-6,10H,2,7,11H2,1H3,(H2,12,13,16). The van der Waals surface area contributed by atoms with Crippen LogP contribution < -0.4 is 5.73 Å². The van der Waals surface area contributed by atoms with Crippen LogP contribution in [0.15, 0.2) is 24.3 Å². The fourth-order valence-corrected chi connectivity index (χ4v) is 2.30. The second kappa shape index (κ2) is 5.84. The minimum atomic E-state index is -3.81. The Kier molecular flexibility index (Phi) is 5.02. The molecule has 0 spiro atoms. The Bertz CT molecular complexity index is 393. The molecule has 0 amide bonds. The molecule has 16 heavy (non-hydrogen) atoms. The molecule has 0 radical (unpaired) electrons. The SMILES string of the molecule is CCc1cccc(C(CN)OP(=O)(O)S)c1. The molecular formula is C10H16NO3PS. The van der Waals surface area contributed by atoms with E-state index in [4.69, 9.17) is 15.2 Å². The van der Waals surface area contributed by atoms with E-state index >= 15 is 0 Å². The Morgan fingerprint density at radius 3 is 2.81 bits per heavy atom. The first-order chi connectivity index (χ1) is 7.46. The summed E-state index contributed by atoms with van der Waals surface area (Å²) >= 11 is 3.48. The summed E-state index contributed by atoms with van der Waals surface area (Å²) in [5.74, 6) is 0. The third-order valence-electron chi connectivity index (χ3n) is 2.21. The average Bonchev–Trinajstić information content (AvgIpc) is 2.25. The molecule has 90 valence electrons. The third-order valence-corrected chi connectivity index (χ3v) is 3.02. The highest BCUT2D eigenvalue weighted by molar-refractivity contribution is 8.44. The summed E-state index contributed by atoms with van der Waals surface area (Å²) < 4.78 is 16.0. The third kappa shape index (κ3) is 4.28. The van der Waals surface area contributed by atoms with Crippen LogP contribution in [0.2, 0.25) is 0 Å². The van der Waals surface area contributed by atoms with Crippen molar-refractivity contribution in [3.05, 3.63) is 35.4 Å². The number of rotatable bonds is 5. The summed E-state index contributed by atoms with van der Waals surface area (Å²) in [6.07, 6.45) is 0.294. The zero-order chi connectivity index (χ0) is 12.2. The first kappa shape index (κ1) is 13.7. The van der Waals surface area contributed by atoms with Crippen molar-refractivity contribution in [2.75, 3.05) is 6.54 Å². The lowest BCUT2D eigenvalue weighted by atomic mass is 10.0. The molecule has 0 aliphatic rings. The molecule has 3 N–H and O–H groups in total. The molecule has 6 heteroatoms. The monoisotopic (exact) mass is 261 g/mol. The van der Waals surface area contributed by atoms with Crippen molar-refractivity contribution < 1.29 is 14.0 Å². The Labute approximate surface area is 101 Å². The zero-order valence-electron chi connectivity index (χ0n) is 9.04. The smallest absolute Gasteiger partial charge is 0.328 e. The number of thiol groups is 1. The Hall–Kier alpha value is -0.320. The molecule has 0 aliphatic heterocycles. The van der Waals surface area contributed by atoms with Crippen LogP contribution in [0.5, 0.6) is 0 Å². The van der Waals surface area contributed by atoms with Gasteiger partial charge in [-0.2, -0.15) is 0 Å². The molecular weight excluding hydrogens is 245 g/mol. The van der Waals surface area contributed by atoms with Gasteiger partial charge in [0.15, 0.2) is 0 Å². The fourth-order valence-electron chi connectivity index (χ4n) is 1.42. The summed E-state index contributed by atoms with van der Waals surface area (Å²) in [5.41, 5.74) is 7.44. The van der Waals surface area contributed by atoms with Crippen molar-refractivity contribution in [1.82, 2.24) is 0 Å². The fraction of sp³-hybridized carbons (Fsp3) is 0.400. The van der Waals surface area contributed by atoms with Crippen molar-refractivity contribution in [3.8, 4) is 0 Å². The van der Waals surface area contributed by atoms with Gasteiger partial charge in [-0.3, -0.25) is 4.52 Å². The lowest BCUT2D eigenvalue weighted by Gasteiger charge is -2.17. The number of hydrogen-bond acceptors (Lipinski definition) is 3. The summed E-state index contributed by atoms with van der Waals surface area (Å²) in [6, 6.07) is 7.60. The molecule has 2 unspecified atom stereocenters. The Balaban J connectivity index is 2.90. The van der Waals surface area contributed by atoms with Gasteiger partial charge in [-0.1, -0.05) is 43.4 Å². The first-order valence-electron chi connectivity index (χ1n) is 4.99. The van der Waals surface area contributed by atoms with E-state index in [0.29, 0.717) is 0 Å². The predicted octanol–water partition coefficient (Wildman–Crippen LogP) is 2.30. The highest BCUT2D eigenvalue weighted by atomic mass is 32.7. The topological polar surface area (TPSA) is 72.5 Å². The largest absolute Gasteiger partial charge is 0.384 e. The van der Waals surface area contributed by atoms with Gasteiger partial charge in [-0.25, -0.2) is 4.57 Å². The molecule has 0 aromatic heterocycles. The minimum Gasteiger partial charge on any atom is -0.328 e. The molecule has 0 fully saturated rings. The molecule has 0 bridgehead atoms. The summed E-state index contributed by atoms with van der Waals surface area (Å²) in [7, 11) is 0. The average molecular weight is 261 g/mol. The van der Waals surface area contributed by atoms with E-state index in [0.717, 1.165) is 17.5 Å². The van der Waals surface area contributed by atoms with Crippen LogP contribution in [0.1, 0.15) is 24.2 Å². The second-order valence-electron chi connectivity index (χ2n) is 3.42. The van der Waals surface area contributed by atoms with Gasteiger partial charge in [0, 0.05) is 6.54 Å². The van der Waals surface area contributed by atoms with E-state index in [-0.39, 0.29) is 6.54 Å². The maximum Gasteiger partial charge on any atom is 0.384 e. The van der Waals surface area contributed by atoms with Crippen molar-refractivity contribution in [3.63, 3.8) is 0 Å². The van der Waals surface area contributed by atoms with Crippen molar-refractivity contribution in [2.45, 2.75) is 19.4 Å². The lowest BCUT2D eigenvalue weighted by molar-refractivity contribution is 0.194. The van der Waals surface area contributed by atoms with Gasteiger partial charge >= 0.3 is 6.80 Å². The van der Waals surface area contributed by atoms with Crippen LogP contribution in [0.25, 0.3) is 0 Å². The Morgan fingerprint density at radius 1 is 1.62 bits per heavy atom. The van der Waals surface area contributed by atoms with Gasteiger partial charge in [0.1, 0.15) is 6.10 Å². The van der Waals surface area contributed by atoms with Crippen molar-refractivity contribution in [1.29, 1.82) is 0 Å². The molecule has 1 aromatic carbocycles. The van der Waals surface area contributed by atoms with Gasteiger partial charge < -0.3 is 10.6 Å². The molecule has 0 heterocycles. The minimum absolute atomic E-state index is 0.137. The van der Waals surface area contributed by atoms with Gasteiger partial charge in [0.2, 0.25) is 0 Å². The highest BCUT2D eigenvalue weighted by Gasteiger charge is 2.21. The van der Waals surface area contributed by atoms with Crippen LogP contribution >= 0.6 is 19.0 Å². The maximum absolute atomic E-state index is 11.1. The van der Waals surface area contributed by atoms with Gasteiger partial charge in [0.25, 0.3) is 0 Å². The zero-order valence-corrected chi connectivity index (χ0v) is 10.8. The van der Waals surface area contributed by atoms with Crippen LogP contribution in [0.4, 0.5) is 0 Å². The molecule has 0 saturated carbocycles. The quantitative estimate of drug-likeness (QED) is 0.561. The van der Waals surface area contributed by atoms with Crippen LogP contribution in [-0.2, 0) is 15.5 Å². The molecule has 0 saturated heterocycles. The van der Waals surface area contributed by atoms with Gasteiger partial charge in [0.05, 0.1) is 0 Å². The summed E-state index contributed by atoms with van der Waals surface area (Å²) in [4.78, 5) is 9.05. The van der Waals surface area contributed by atoms with E-state index in [1.54, 1.807) is 0 Å². The van der Waals surface area contributed by atoms with Crippen LogP contribution in [0.3, 0.4) is 0 Å². The molecule has 2 atom stereocenters. The number of aryl methyl sites for hydroxylation is 1. The van der Waals surface area contributed by atoms with E-state index in [1.807, 2.05) is 31.2 Å².